The predicted molar refractivity (Wildman–Crippen MR) is 72.0 cm³/mol. The number of rotatable bonds is 8. The van der Waals surface area contributed by atoms with Crippen molar-refractivity contribution < 1.29 is 4.42 Å². The maximum Gasteiger partial charge on any atom is 0.0947 e. The first-order valence-electron chi connectivity index (χ1n) is 6.51. The lowest BCUT2D eigenvalue weighted by molar-refractivity contribution is 0.228. The lowest BCUT2D eigenvalue weighted by Gasteiger charge is -2.26. The Hall–Kier alpha value is -0.800. The molecule has 0 aliphatic carbocycles. The molecule has 17 heavy (non-hydrogen) atoms. The highest BCUT2D eigenvalue weighted by Gasteiger charge is 2.10. The van der Waals surface area contributed by atoms with Gasteiger partial charge in [-0.1, -0.05) is 13.8 Å². The average Bonchev–Trinajstić information content (AvgIpc) is 2.75. The van der Waals surface area contributed by atoms with E-state index in [1.165, 1.54) is 12.0 Å². The van der Waals surface area contributed by atoms with Gasteiger partial charge in [-0.05, 0) is 32.4 Å². The van der Waals surface area contributed by atoms with Crippen molar-refractivity contribution in [3.63, 3.8) is 0 Å². The Balaban J connectivity index is 2.09. The van der Waals surface area contributed by atoms with Gasteiger partial charge in [0.2, 0.25) is 0 Å². The topological polar surface area (TPSA) is 28.4 Å². The second kappa shape index (κ2) is 7.51. The highest BCUT2D eigenvalue weighted by Crippen LogP contribution is 2.08. The smallest absolute Gasteiger partial charge is 0.0947 e. The molecular formula is C14H26N2O. The molecule has 1 unspecified atom stereocenters. The Morgan fingerprint density at radius 1 is 1.35 bits per heavy atom. The van der Waals surface area contributed by atoms with Crippen LogP contribution in [0.2, 0.25) is 0 Å². The zero-order valence-electron chi connectivity index (χ0n) is 11.6. The van der Waals surface area contributed by atoms with Crippen LogP contribution in [0.5, 0.6) is 0 Å². The Kier molecular flexibility index (Phi) is 6.30. The van der Waals surface area contributed by atoms with Gasteiger partial charge in [-0.25, -0.2) is 0 Å². The van der Waals surface area contributed by atoms with E-state index in [4.69, 9.17) is 4.42 Å². The van der Waals surface area contributed by atoms with E-state index in [2.05, 4.69) is 38.0 Å². The maximum absolute atomic E-state index is 5.02. The molecular weight excluding hydrogens is 212 g/mol. The van der Waals surface area contributed by atoms with Crippen LogP contribution in [0.3, 0.4) is 0 Å². The summed E-state index contributed by atoms with van der Waals surface area (Å²) in [6.45, 7) is 9.86. The van der Waals surface area contributed by atoms with E-state index in [1.54, 1.807) is 12.5 Å². The number of hydrogen-bond acceptors (Lipinski definition) is 3. The van der Waals surface area contributed by atoms with Crippen LogP contribution in [0.1, 0.15) is 32.8 Å². The first-order chi connectivity index (χ1) is 8.09. The molecule has 0 radical (unpaired) electrons. The molecule has 1 rings (SSSR count). The van der Waals surface area contributed by atoms with Crippen LogP contribution in [0, 0.1) is 5.92 Å². The fraction of sp³-hybridized carbons (Fsp3) is 0.714. The minimum atomic E-state index is 0.658. The molecule has 1 atom stereocenters. The van der Waals surface area contributed by atoms with Gasteiger partial charge >= 0.3 is 0 Å². The largest absolute Gasteiger partial charge is 0.472 e. The Labute approximate surface area is 105 Å². The van der Waals surface area contributed by atoms with Gasteiger partial charge in [0.25, 0.3) is 0 Å². The highest BCUT2D eigenvalue weighted by atomic mass is 16.3. The normalized spacial score (nSPS) is 13.5. The first kappa shape index (κ1) is 14.3. The maximum atomic E-state index is 5.02. The number of nitrogens with one attached hydrogen (secondary N) is 1. The Morgan fingerprint density at radius 3 is 2.71 bits per heavy atom. The van der Waals surface area contributed by atoms with Crippen LogP contribution in [0.15, 0.2) is 23.0 Å². The molecule has 0 amide bonds. The van der Waals surface area contributed by atoms with E-state index < -0.39 is 0 Å². The number of likely N-dealkylation sites (N-methyl/N-ethyl adjacent to an activating group) is 1. The summed E-state index contributed by atoms with van der Waals surface area (Å²) in [5.41, 5.74) is 1.21. The van der Waals surface area contributed by atoms with Crippen molar-refractivity contribution in [2.45, 2.75) is 39.8 Å². The molecule has 3 nitrogen and oxygen atoms in total. The van der Waals surface area contributed by atoms with Crippen molar-refractivity contribution in [1.29, 1.82) is 0 Å². The fourth-order valence-corrected chi connectivity index (χ4v) is 1.96. The molecule has 1 N–H and O–H groups in total. The molecule has 1 aromatic heterocycles. The molecule has 0 fully saturated rings. The summed E-state index contributed by atoms with van der Waals surface area (Å²) in [6, 6.07) is 2.66. The molecule has 0 aliphatic heterocycles. The lowest BCUT2D eigenvalue weighted by Crippen LogP contribution is -2.35. The van der Waals surface area contributed by atoms with Crippen molar-refractivity contribution in [3.05, 3.63) is 24.2 Å². The van der Waals surface area contributed by atoms with E-state index in [1.807, 2.05) is 6.07 Å². The zero-order valence-corrected chi connectivity index (χ0v) is 11.6. The summed E-state index contributed by atoms with van der Waals surface area (Å²) in [4.78, 5) is 2.42. The van der Waals surface area contributed by atoms with Gasteiger partial charge in [0.1, 0.15) is 0 Å². The third-order valence-electron chi connectivity index (χ3n) is 3.12. The molecule has 3 heteroatoms. The van der Waals surface area contributed by atoms with Crippen molar-refractivity contribution in [2.24, 2.45) is 5.92 Å². The monoisotopic (exact) mass is 238 g/mol. The third-order valence-corrected chi connectivity index (χ3v) is 3.12. The van der Waals surface area contributed by atoms with Gasteiger partial charge in [0.05, 0.1) is 12.5 Å². The van der Waals surface area contributed by atoms with Crippen LogP contribution >= 0.6 is 0 Å². The molecule has 0 bridgehead atoms. The van der Waals surface area contributed by atoms with Gasteiger partial charge in [-0.3, -0.25) is 0 Å². The van der Waals surface area contributed by atoms with Crippen molar-refractivity contribution >= 4 is 0 Å². The fourth-order valence-electron chi connectivity index (χ4n) is 1.96. The molecule has 0 aromatic carbocycles. The van der Waals surface area contributed by atoms with Crippen LogP contribution in [-0.4, -0.2) is 31.1 Å². The van der Waals surface area contributed by atoms with Crippen LogP contribution in [0.25, 0.3) is 0 Å². The standard InChI is InChI=1S/C14H26N2O/c1-12(2)9-13(3)16(4)7-6-15-10-14-5-8-17-11-14/h5,8,11-13,15H,6-7,9-10H2,1-4H3. The molecule has 0 saturated heterocycles. The summed E-state index contributed by atoms with van der Waals surface area (Å²) in [5.74, 6) is 0.770. The minimum Gasteiger partial charge on any atom is -0.472 e. The summed E-state index contributed by atoms with van der Waals surface area (Å²) < 4.78 is 5.02. The highest BCUT2D eigenvalue weighted by molar-refractivity contribution is 5.04. The van der Waals surface area contributed by atoms with E-state index in [0.717, 1.165) is 25.6 Å². The quantitative estimate of drug-likeness (QED) is 0.706. The first-order valence-corrected chi connectivity index (χ1v) is 6.51. The molecule has 0 saturated carbocycles. The Bertz CT molecular complexity index is 282. The number of nitrogens with zero attached hydrogens (tertiary/aromatic N) is 1. The zero-order chi connectivity index (χ0) is 12.7. The minimum absolute atomic E-state index is 0.658. The molecule has 1 aromatic rings. The van der Waals surface area contributed by atoms with Gasteiger partial charge in [0, 0.05) is 31.2 Å². The van der Waals surface area contributed by atoms with Gasteiger partial charge in [0.15, 0.2) is 0 Å². The lowest BCUT2D eigenvalue weighted by atomic mass is 10.0. The molecule has 98 valence electrons. The number of hydrogen-bond donors (Lipinski definition) is 1. The summed E-state index contributed by atoms with van der Waals surface area (Å²) >= 11 is 0. The SMILES string of the molecule is CC(C)CC(C)N(C)CCNCc1ccoc1. The van der Waals surface area contributed by atoms with Gasteiger partial charge in [-0.2, -0.15) is 0 Å². The molecule has 0 spiro atoms. The second-order valence-corrected chi connectivity index (χ2v) is 5.27. The van der Waals surface area contributed by atoms with Crippen LogP contribution in [0.4, 0.5) is 0 Å². The molecule has 1 heterocycles. The molecule has 0 aliphatic rings. The van der Waals surface area contributed by atoms with Gasteiger partial charge < -0.3 is 14.6 Å². The van der Waals surface area contributed by atoms with Crippen molar-refractivity contribution in [3.8, 4) is 0 Å². The van der Waals surface area contributed by atoms with E-state index in [0.29, 0.717) is 6.04 Å². The van der Waals surface area contributed by atoms with E-state index in [-0.39, 0.29) is 0 Å². The van der Waals surface area contributed by atoms with E-state index >= 15 is 0 Å². The predicted octanol–water partition coefficient (Wildman–Crippen LogP) is 2.74. The second-order valence-electron chi connectivity index (χ2n) is 5.27. The average molecular weight is 238 g/mol. The summed E-state index contributed by atoms with van der Waals surface area (Å²) in [7, 11) is 2.20. The third kappa shape index (κ3) is 5.89. The van der Waals surface area contributed by atoms with Gasteiger partial charge in [-0.15, -0.1) is 0 Å². The Morgan fingerprint density at radius 2 is 2.12 bits per heavy atom. The van der Waals surface area contributed by atoms with Crippen molar-refractivity contribution in [2.75, 3.05) is 20.1 Å². The van der Waals surface area contributed by atoms with Crippen LogP contribution < -0.4 is 5.32 Å². The summed E-state index contributed by atoms with van der Waals surface area (Å²) in [6.07, 6.45) is 4.77. The summed E-state index contributed by atoms with van der Waals surface area (Å²) in [5, 5.41) is 3.43. The van der Waals surface area contributed by atoms with Crippen LogP contribution in [-0.2, 0) is 6.54 Å². The van der Waals surface area contributed by atoms with E-state index in [9.17, 15) is 0 Å². The van der Waals surface area contributed by atoms with Crippen molar-refractivity contribution in [1.82, 2.24) is 10.2 Å². The number of furan rings is 1.